The van der Waals surface area contributed by atoms with Crippen molar-refractivity contribution in [2.75, 3.05) is 0 Å². The summed E-state index contributed by atoms with van der Waals surface area (Å²) in [4.78, 5) is 16.4. The van der Waals surface area contributed by atoms with Crippen LogP contribution in [0.4, 0.5) is 0 Å². The number of aliphatic hydroxyl groups is 1. The van der Waals surface area contributed by atoms with Crippen molar-refractivity contribution >= 4 is 23.4 Å². The summed E-state index contributed by atoms with van der Waals surface area (Å²) in [6.45, 7) is 3.82. The number of aryl methyl sites for hydroxylation is 2. The minimum atomic E-state index is -1.18. The quantitative estimate of drug-likeness (QED) is 0.797. The maximum atomic E-state index is 12.4. The lowest BCUT2D eigenvalue weighted by molar-refractivity contribution is -0.129. The largest absolute Gasteiger partial charge is 0.378 e. The van der Waals surface area contributed by atoms with Crippen LogP contribution in [0.3, 0.4) is 0 Å². The SMILES string of the molecule is Cc1ccc(C)c(C(O)C(=O)NC2NC(c3ccncc3)=CS2)c1. The minimum absolute atomic E-state index is 0.305. The molecule has 0 saturated heterocycles. The molecule has 2 aromatic rings. The van der Waals surface area contributed by atoms with Crippen molar-refractivity contribution in [1.29, 1.82) is 0 Å². The summed E-state index contributed by atoms with van der Waals surface area (Å²) in [5.74, 6) is -0.418. The lowest BCUT2D eigenvalue weighted by atomic mass is 10.0. The normalized spacial score (nSPS) is 17.8. The second-order valence-corrected chi connectivity index (χ2v) is 6.68. The zero-order chi connectivity index (χ0) is 17.1. The van der Waals surface area contributed by atoms with Crippen molar-refractivity contribution in [3.63, 3.8) is 0 Å². The topological polar surface area (TPSA) is 74.2 Å². The Balaban J connectivity index is 1.63. The lowest BCUT2D eigenvalue weighted by Gasteiger charge is -2.19. The van der Waals surface area contributed by atoms with E-state index in [1.165, 1.54) is 11.8 Å². The van der Waals surface area contributed by atoms with Gasteiger partial charge in [0.1, 0.15) is 0 Å². The molecule has 3 rings (SSSR count). The van der Waals surface area contributed by atoms with Gasteiger partial charge in [0, 0.05) is 18.0 Å². The molecule has 1 amide bonds. The number of hydrogen-bond donors (Lipinski definition) is 3. The maximum Gasteiger partial charge on any atom is 0.255 e. The van der Waals surface area contributed by atoms with Crippen LogP contribution in [0.1, 0.15) is 28.4 Å². The van der Waals surface area contributed by atoms with Crippen LogP contribution in [-0.2, 0) is 4.79 Å². The average molecular weight is 341 g/mol. The molecule has 0 fully saturated rings. The zero-order valence-corrected chi connectivity index (χ0v) is 14.3. The first-order valence-electron chi connectivity index (χ1n) is 7.63. The van der Waals surface area contributed by atoms with Crippen molar-refractivity contribution < 1.29 is 9.90 Å². The Morgan fingerprint density at radius 3 is 2.79 bits per heavy atom. The van der Waals surface area contributed by atoms with Gasteiger partial charge in [-0.15, -0.1) is 0 Å². The second-order valence-electron chi connectivity index (χ2n) is 5.70. The molecule has 5 nitrogen and oxygen atoms in total. The van der Waals surface area contributed by atoms with Crippen LogP contribution >= 0.6 is 11.8 Å². The second kappa shape index (κ2) is 7.07. The molecule has 3 N–H and O–H groups in total. The Labute approximate surface area is 145 Å². The van der Waals surface area contributed by atoms with Gasteiger partial charge in [-0.05, 0) is 42.5 Å². The molecule has 0 aliphatic carbocycles. The van der Waals surface area contributed by atoms with E-state index in [0.717, 1.165) is 22.4 Å². The fourth-order valence-corrected chi connectivity index (χ4v) is 3.36. The molecule has 1 aliphatic heterocycles. The maximum absolute atomic E-state index is 12.4. The van der Waals surface area contributed by atoms with Gasteiger partial charge in [-0.1, -0.05) is 35.5 Å². The first-order valence-corrected chi connectivity index (χ1v) is 8.57. The molecule has 0 spiro atoms. The molecule has 0 bridgehead atoms. The van der Waals surface area contributed by atoms with Gasteiger partial charge in [-0.2, -0.15) is 0 Å². The van der Waals surface area contributed by atoms with Gasteiger partial charge in [-0.25, -0.2) is 0 Å². The molecule has 1 aliphatic rings. The van der Waals surface area contributed by atoms with E-state index in [1.807, 2.05) is 49.6 Å². The van der Waals surface area contributed by atoms with E-state index in [2.05, 4.69) is 15.6 Å². The molecule has 1 aromatic heterocycles. The predicted molar refractivity (Wildman–Crippen MR) is 95.7 cm³/mol. The Kier molecular flexibility index (Phi) is 4.87. The lowest BCUT2D eigenvalue weighted by Crippen LogP contribution is -2.42. The van der Waals surface area contributed by atoms with Crippen molar-refractivity contribution in [3.05, 3.63) is 70.4 Å². The standard InChI is InChI=1S/C18H19N3O2S/c1-11-3-4-12(2)14(9-11)16(22)17(23)21-18-20-15(10-24-18)13-5-7-19-8-6-13/h3-10,16,18,20,22H,1-2H3,(H,21,23). The van der Waals surface area contributed by atoms with Crippen molar-refractivity contribution in [1.82, 2.24) is 15.6 Å². The van der Waals surface area contributed by atoms with Gasteiger partial charge < -0.3 is 15.7 Å². The summed E-state index contributed by atoms with van der Waals surface area (Å²) in [5, 5.41) is 18.4. The highest BCUT2D eigenvalue weighted by Gasteiger charge is 2.25. The number of nitrogens with one attached hydrogen (secondary N) is 2. The Bertz CT molecular complexity index is 777. The molecule has 2 unspecified atom stereocenters. The summed E-state index contributed by atoms with van der Waals surface area (Å²) in [5.41, 5.74) is 4.17. The summed E-state index contributed by atoms with van der Waals surface area (Å²) >= 11 is 1.46. The first kappa shape index (κ1) is 16.5. The number of benzene rings is 1. The molecule has 124 valence electrons. The summed E-state index contributed by atoms with van der Waals surface area (Å²) in [6.07, 6.45) is 2.26. The molecular weight excluding hydrogens is 322 g/mol. The van der Waals surface area contributed by atoms with Gasteiger partial charge >= 0.3 is 0 Å². The Morgan fingerprint density at radius 2 is 2.04 bits per heavy atom. The van der Waals surface area contributed by atoms with Crippen LogP contribution < -0.4 is 10.6 Å². The van der Waals surface area contributed by atoms with Crippen molar-refractivity contribution in [2.45, 2.75) is 25.4 Å². The van der Waals surface area contributed by atoms with Crippen LogP contribution in [0, 0.1) is 13.8 Å². The summed E-state index contributed by atoms with van der Waals surface area (Å²) in [6, 6.07) is 9.51. The van der Waals surface area contributed by atoms with Gasteiger partial charge in [-0.3, -0.25) is 9.78 Å². The van der Waals surface area contributed by atoms with E-state index in [4.69, 9.17) is 0 Å². The minimum Gasteiger partial charge on any atom is -0.378 e. The summed E-state index contributed by atoms with van der Waals surface area (Å²) in [7, 11) is 0. The van der Waals surface area contributed by atoms with Crippen molar-refractivity contribution in [3.8, 4) is 0 Å². The van der Waals surface area contributed by atoms with Crippen LogP contribution in [0.15, 0.2) is 48.1 Å². The van der Waals surface area contributed by atoms with Gasteiger partial charge in [0.15, 0.2) is 11.6 Å². The molecule has 2 atom stereocenters. The number of carbonyl (C=O) groups is 1. The third-order valence-corrected chi connectivity index (χ3v) is 4.73. The molecule has 2 heterocycles. The molecule has 6 heteroatoms. The number of hydrogen-bond acceptors (Lipinski definition) is 5. The number of nitrogens with zero attached hydrogens (tertiary/aromatic N) is 1. The Hall–Kier alpha value is -2.31. The zero-order valence-electron chi connectivity index (χ0n) is 13.5. The number of carbonyl (C=O) groups excluding carboxylic acids is 1. The van der Waals surface area contributed by atoms with Crippen LogP contribution in [0.25, 0.3) is 5.70 Å². The number of aromatic nitrogens is 1. The number of amides is 1. The third kappa shape index (κ3) is 3.60. The van der Waals surface area contributed by atoms with E-state index in [9.17, 15) is 9.90 Å². The molecule has 24 heavy (non-hydrogen) atoms. The fraction of sp³-hybridized carbons (Fsp3) is 0.222. The molecule has 0 radical (unpaired) electrons. The Morgan fingerprint density at radius 1 is 1.29 bits per heavy atom. The van der Waals surface area contributed by atoms with Crippen LogP contribution in [-0.4, -0.2) is 21.5 Å². The monoisotopic (exact) mass is 341 g/mol. The number of aliphatic hydroxyl groups excluding tert-OH is 1. The van der Waals surface area contributed by atoms with E-state index in [-0.39, 0.29) is 5.50 Å². The van der Waals surface area contributed by atoms with Crippen molar-refractivity contribution in [2.24, 2.45) is 0 Å². The third-order valence-electron chi connectivity index (χ3n) is 3.85. The fourth-order valence-electron chi connectivity index (χ4n) is 2.50. The van der Waals surface area contributed by atoms with E-state index in [0.29, 0.717) is 5.56 Å². The van der Waals surface area contributed by atoms with Gasteiger partial charge in [0.25, 0.3) is 5.91 Å². The summed E-state index contributed by atoms with van der Waals surface area (Å²) < 4.78 is 0. The van der Waals surface area contributed by atoms with Gasteiger partial charge in [0.05, 0.1) is 5.70 Å². The van der Waals surface area contributed by atoms with E-state index < -0.39 is 12.0 Å². The highest BCUT2D eigenvalue weighted by atomic mass is 32.2. The smallest absolute Gasteiger partial charge is 0.255 e. The van der Waals surface area contributed by atoms with Gasteiger partial charge in [0.2, 0.25) is 0 Å². The average Bonchev–Trinajstić information content (AvgIpc) is 3.05. The number of pyridine rings is 1. The first-order chi connectivity index (χ1) is 11.5. The van der Waals surface area contributed by atoms with Crippen LogP contribution in [0.2, 0.25) is 0 Å². The highest BCUT2D eigenvalue weighted by Crippen LogP contribution is 2.26. The molecular formula is C18H19N3O2S. The molecule has 0 saturated carbocycles. The number of thioether (sulfide) groups is 1. The van der Waals surface area contributed by atoms with E-state index >= 15 is 0 Å². The van der Waals surface area contributed by atoms with E-state index in [1.54, 1.807) is 12.4 Å². The molecule has 1 aromatic carbocycles. The number of rotatable bonds is 4. The van der Waals surface area contributed by atoms with Crippen LogP contribution in [0.5, 0.6) is 0 Å². The predicted octanol–water partition coefficient (Wildman–Crippen LogP) is 2.47. The highest BCUT2D eigenvalue weighted by molar-refractivity contribution is 8.03.